The number of hydrogen-bond donors (Lipinski definition) is 1. The standard InChI is InChI=1S/C20H24N2O6S/c1-14(15-4-7-17(26-2)8-5-15)21-20(23)13-22(29(3,24)25)16-6-9-18-19(12-16)28-11-10-27-18/h4-9,12,14H,10-11,13H2,1-3H3,(H,21,23). The van der Waals surface area contributed by atoms with E-state index in [4.69, 9.17) is 14.2 Å². The average Bonchev–Trinajstić information content (AvgIpc) is 2.71. The van der Waals surface area contributed by atoms with Crippen molar-refractivity contribution in [1.29, 1.82) is 0 Å². The minimum absolute atomic E-state index is 0.296. The molecule has 29 heavy (non-hydrogen) atoms. The zero-order valence-electron chi connectivity index (χ0n) is 16.5. The third-order valence-electron chi connectivity index (χ3n) is 4.49. The Labute approximate surface area is 170 Å². The van der Waals surface area contributed by atoms with Gasteiger partial charge in [-0.3, -0.25) is 9.10 Å². The molecule has 1 amide bonds. The van der Waals surface area contributed by atoms with Crippen molar-refractivity contribution in [2.75, 3.05) is 37.4 Å². The zero-order valence-corrected chi connectivity index (χ0v) is 17.4. The van der Waals surface area contributed by atoms with Crippen LogP contribution < -0.4 is 23.8 Å². The van der Waals surface area contributed by atoms with Crippen LogP contribution in [0.2, 0.25) is 0 Å². The molecule has 1 N–H and O–H groups in total. The lowest BCUT2D eigenvalue weighted by atomic mass is 10.1. The average molecular weight is 420 g/mol. The monoisotopic (exact) mass is 420 g/mol. The quantitative estimate of drug-likeness (QED) is 0.737. The third-order valence-corrected chi connectivity index (χ3v) is 5.64. The largest absolute Gasteiger partial charge is 0.497 e. The van der Waals surface area contributed by atoms with Gasteiger partial charge in [0, 0.05) is 6.07 Å². The van der Waals surface area contributed by atoms with Gasteiger partial charge in [-0.15, -0.1) is 0 Å². The van der Waals surface area contributed by atoms with E-state index in [-0.39, 0.29) is 12.6 Å². The lowest BCUT2D eigenvalue weighted by molar-refractivity contribution is -0.120. The van der Waals surface area contributed by atoms with Crippen LogP contribution in [0.15, 0.2) is 42.5 Å². The fourth-order valence-corrected chi connectivity index (χ4v) is 3.83. The van der Waals surface area contributed by atoms with Crippen molar-refractivity contribution >= 4 is 21.6 Å². The maximum atomic E-state index is 12.6. The summed E-state index contributed by atoms with van der Waals surface area (Å²) in [6.07, 6.45) is 1.06. The minimum atomic E-state index is -3.69. The summed E-state index contributed by atoms with van der Waals surface area (Å²) in [5, 5.41) is 2.83. The van der Waals surface area contributed by atoms with Gasteiger partial charge in [0.15, 0.2) is 11.5 Å². The summed E-state index contributed by atoms with van der Waals surface area (Å²) >= 11 is 0. The van der Waals surface area contributed by atoms with Gasteiger partial charge in [-0.2, -0.15) is 0 Å². The molecule has 1 atom stereocenters. The molecule has 1 unspecified atom stereocenters. The van der Waals surface area contributed by atoms with Gasteiger partial charge in [0.25, 0.3) is 0 Å². The van der Waals surface area contributed by atoms with Crippen molar-refractivity contribution in [3.8, 4) is 17.2 Å². The van der Waals surface area contributed by atoms with Crippen LogP contribution in [-0.2, 0) is 14.8 Å². The minimum Gasteiger partial charge on any atom is -0.497 e. The molecule has 0 spiro atoms. The molecule has 2 aromatic carbocycles. The number of carbonyl (C=O) groups is 1. The van der Waals surface area contributed by atoms with Crippen LogP contribution in [0.1, 0.15) is 18.5 Å². The van der Waals surface area contributed by atoms with Crippen molar-refractivity contribution in [3.05, 3.63) is 48.0 Å². The lowest BCUT2D eigenvalue weighted by Crippen LogP contribution is -2.41. The summed E-state index contributed by atoms with van der Waals surface area (Å²) in [6, 6.07) is 11.8. The first-order valence-corrected chi connectivity index (χ1v) is 10.9. The molecule has 0 saturated carbocycles. The van der Waals surface area contributed by atoms with Gasteiger partial charge in [0.05, 0.1) is 25.1 Å². The number of sulfonamides is 1. The predicted molar refractivity (Wildman–Crippen MR) is 109 cm³/mol. The van der Waals surface area contributed by atoms with Crippen molar-refractivity contribution < 1.29 is 27.4 Å². The normalized spacial score (nSPS) is 14.0. The molecule has 2 aromatic rings. The van der Waals surface area contributed by atoms with Gasteiger partial charge in [0.1, 0.15) is 25.5 Å². The van der Waals surface area contributed by atoms with Crippen LogP contribution in [0.25, 0.3) is 0 Å². The summed E-state index contributed by atoms with van der Waals surface area (Å²) in [5.41, 5.74) is 1.22. The molecule has 8 nitrogen and oxygen atoms in total. The molecule has 0 bridgehead atoms. The maximum absolute atomic E-state index is 12.6. The van der Waals surface area contributed by atoms with Crippen molar-refractivity contribution in [2.24, 2.45) is 0 Å². The van der Waals surface area contributed by atoms with E-state index < -0.39 is 15.9 Å². The van der Waals surface area contributed by atoms with Crippen LogP contribution in [-0.4, -0.2) is 47.4 Å². The van der Waals surface area contributed by atoms with Gasteiger partial charge in [-0.25, -0.2) is 8.42 Å². The molecule has 156 valence electrons. The maximum Gasteiger partial charge on any atom is 0.241 e. The fraction of sp³-hybridized carbons (Fsp3) is 0.350. The Morgan fingerprint density at radius 3 is 2.41 bits per heavy atom. The Morgan fingerprint density at radius 1 is 1.14 bits per heavy atom. The number of anilines is 1. The van der Waals surface area contributed by atoms with Gasteiger partial charge < -0.3 is 19.5 Å². The van der Waals surface area contributed by atoms with E-state index >= 15 is 0 Å². The van der Waals surface area contributed by atoms with E-state index in [1.54, 1.807) is 37.4 Å². The molecule has 3 rings (SSSR count). The van der Waals surface area contributed by atoms with Crippen molar-refractivity contribution in [3.63, 3.8) is 0 Å². The SMILES string of the molecule is COc1ccc(C(C)NC(=O)CN(c2ccc3c(c2)OCCO3)S(C)(=O)=O)cc1. The van der Waals surface area contributed by atoms with Gasteiger partial charge in [-0.1, -0.05) is 12.1 Å². The second-order valence-corrected chi connectivity index (χ2v) is 8.57. The number of methoxy groups -OCH3 is 1. The Balaban J connectivity index is 1.74. The number of nitrogens with one attached hydrogen (secondary N) is 1. The Bertz CT molecular complexity index is 975. The Hall–Kier alpha value is -2.94. The highest BCUT2D eigenvalue weighted by Gasteiger charge is 2.24. The van der Waals surface area contributed by atoms with E-state index in [1.165, 1.54) is 0 Å². The second kappa shape index (κ2) is 8.60. The van der Waals surface area contributed by atoms with Crippen LogP contribution >= 0.6 is 0 Å². The first-order valence-electron chi connectivity index (χ1n) is 9.08. The molecule has 1 aliphatic heterocycles. The fourth-order valence-electron chi connectivity index (χ4n) is 2.98. The zero-order chi connectivity index (χ0) is 21.0. The Kier molecular flexibility index (Phi) is 6.17. The highest BCUT2D eigenvalue weighted by atomic mass is 32.2. The molecule has 0 aromatic heterocycles. The van der Waals surface area contributed by atoms with Gasteiger partial charge in [-0.05, 0) is 36.8 Å². The number of rotatable bonds is 7. The second-order valence-electron chi connectivity index (χ2n) is 6.66. The lowest BCUT2D eigenvalue weighted by Gasteiger charge is -2.25. The van der Waals surface area contributed by atoms with Crippen LogP contribution in [0.3, 0.4) is 0 Å². The molecule has 0 radical (unpaired) electrons. The van der Waals surface area contributed by atoms with E-state index in [0.717, 1.165) is 16.1 Å². The molecule has 1 heterocycles. The number of hydrogen-bond acceptors (Lipinski definition) is 6. The molecule has 9 heteroatoms. The summed E-state index contributed by atoms with van der Waals surface area (Å²) in [6.45, 7) is 2.30. The van der Waals surface area contributed by atoms with Gasteiger partial charge in [0.2, 0.25) is 15.9 Å². The first-order chi connectivity index (χ1) is 13.8. The predicted octanol–water partition coefficient (Wildman–Crippen LogP) is 2.11. The molecular formula is C20H24N2O6S. The number of amides is 1. The molecule has 1 aliphatic rings. The third kappa shape index (κ3) is 5.11. The number of fused-ring (bicyclic) bond motifs is 1. The summed E-state index contributed by atoms with van der Waals surface area (Å²) < 4.78 is 41.8. The number of carbonyl (C=O) groups excluding carboxylic acids is 1. The van der Waals surface area contributed by atoms with Crippen LogP contribution in [0, 0.1) is 0 Å². The van der Waals surface area contributed by atoms with Crippen molar-refractivity contribution in [1.82, 2.24) is 5.32 Å². The van der Waals surface area contributed by atoms with Crippen LogP contribution in [0.5, 0.6) is 17.2 Å². The highest BCUT2D eigenvalue weighted by Crippen LogP contribution is 2.34. The first kappa shape index (κ1) is 20.8. The van der Waals surface area contributed by atoms with Crippen LogP contribution in [0.4, 0.5) is 5.69 Å². The smallest absolute Gasteiger partial charge is 0.241 e. The molecular weight excluding hydrogens is 396 g/mol. The summed E-state index contributed by atoms with van der Waals surface area (Å²) in [7, 11) is -2.11. The van der Waals surface area contributed by atoms with E-state index in [2.05, 4.69) is 5.32 Å². The summed E-state index contributed by atoms with van der Waals surface area (Å²) in [4.78, 5) is 12.6. The molecule has 0 saturated heterocycles. The summed E-state index contributed by atoms with van der Waals surface area (Å²) in [5.74, 6) is 1.29. The van der Waals surface area contributed by atoms with Crippen molar-refractivity contribution in [2.45, 2.75) is 13.0 Å². The number of benzene rings is 2. The molecule has 0 aliphatic carbocycles. The topological polar surface area (TPSA) is 94.2 Å². The molecule has 0 fully saturated rings. The number of ether oxygens (including phenoxy) is 3. The Morgan fingerprint density at radius 2 is 1.79 bits per heavy atom. The van der Waals surface area contributed by atoms with E-state index in [0.29, 0.717) is 36.1 Å². The van der Waals surface area contributed by atoms with Gasteiger partial charge >= 0.3 is 0 Å². The van der Waals surface area contributed by atoms with E-state index in [1.807, 2.05) is 19.1 Å². The highest BCUT2D eigenvalue weighted by molar-refractivity contribution is 7.92. The number of nitrogens with zero attached hydrogens (tertiary/aromatic N) is 1. The van der Waals surface area contributed by atoms with E-state index in [9.17, 15) is 13.2 Å².